The number of aromatic nitrogens is 2. The number of fused-ring (bicyclic) bond motifs is 1. The summed E-state index contributed by atoms with van der Waals surface area (Å²) in [6.07, 6.45) is 9.94. The summed E-state index contributed by atoms with van der Waals surface area (Å²) in [5, 5.41) is 5.02. The Labute approximate surface area is 163 Å². The van der Waals surface area contributed by atoms with E-state index in [0.717, 1.165) is 38.1 Å². The molecule has 1 aliphatic carbocycles. The molecular formula is C20H33N3O3S. The van der Waals surface area contributed by atoms with Gasteiger partial charge in [-0.25, -0.2) is 8.42 Å². The summed E-state index contributed by atoms with van der Waals surface area (Å²) in [5.41, 5.74) is 3.43. The molecule has 2 fully saturated rings. The van der Waals surface area contributed by atoms with Crippen LogP contribution in [0.5, 0.6) is 0 Å². The van der Waals surface area contributed by atoms with E-state index >= 15 is 0 Å². The van der Waals surface area contributed by atoms with E-state index in [1.54, 1.807) is 4.31 Å². The van der Waals surface area contributed by atoms with Crippen molar-refractivity contribution in [3.63, 3.8) is 0 Å². The third kappa shape index (κ3) is 3.96. The maximum Gasteiger partial charge on any atom is 0.214 e. The van der Waals surface area contributed by atoms with E-state index in [2.05, 4.69) is 4.68 Å². The zero-order valence-electron chi connectivity index (χ0n) is 16.5. The largest absolute Gasteiger partial charge is 0.376 e. The monoisotopic (exact) mass is 395 g/mol. The van der Waals surface area contributed by atoms with Crippen molar-refractivity contribution < 1.29 is 13.2 Å². The third-order valence-electron chi connectivity index (χ3n) is 6.42. The number of rotatable bonds is 6. The molecule has 1 aromatic rings. The normalized spacial score (nSPS) is 25.0. The van der Waals surface area contributed by atoms with Crippen molar-refractivity contribution in [1.82, 2.24) is 14.1 Å². The predicted molar refractivity (Wildman–Crippen MR) is 105 cm³/mol. The van der Waals surface area contributed by atoms with E-state index in [1.165, 1.54) is 43.4 Å². The van der Waals surface area contributed by atoms with E-state index < -0.39 is 10.0 Å². The highest BCUT2D eigenvalue weighted by Gasteiger charge is 2.39. The van der Waals surface area contributed by atoms with Crippen LogP contribution in [-0.4, -0.2) is 41.4 Å². The lowest BCUT2D eigenvalue weighted by Gasteiger charge is -2.24. The SMILES string of the molecule is CCCS(=O)(=O)N1CCCC1c1nn(CC2CCCCC2)c2c1COCC2. The van der Waals surface area contributed by atoms with Gasteiger partial charge in [0.25, 0.3) is 0 Å². The van der Waals surface area contributed by atoms with Crippen LogP contribution in [0.15, 0.2) is 0 Å². The molecule has 1 unspecified atom stereocenters. The van der Waals surface area contributed by atoms with Crippen LogP contribution in [0.3, 0.4) is 0 Å². The molecule has 152 valence electrons. The standard InChI is InChI=1S/C20H33N3O3S/c1-2-13-27(24,25)23-11-6-9-19(23)20-17-15-26-12-10-18(17)22(21-20)14-16-7-4-3-5-8-16/h16,19H,2-15H2,1H3. The summed E-state index contributed by atoms with van der Waals surface area (Å²) in [5.74, 6) is 0.937. The molecule has 1 atom stereocenters. The molecular weight excluding hydrogens is 362 g/mol. The molecule has 4 rings (SSSR count). The van der Waals surface area contributed by atoms with Gasteiger partial charge in [0.2, 0.25) is 10.0 Å². The van der Waals surface area contributed by atoms with Gasteiger partial charge in [0.05, 0.1) is 30.7 Å². The van der Waals surface area contributed by atoms with E-state index in [1.807, 2.05) is 6.92 Å². The molecule has 3 aliphatic rings. The Morgan fingerprint density at radius 3 is 2.74 bits per heavy atom. The van der Waals surface area contributed by atoms with Crippen LogP contribution in [0.2, 0.25) is 0 Å². The molecule has 7 heteroatoms. The first-order valence-electron chi connectivity index (χ1n) is 10.8. The first-order chi connectivity index (χ1) is 13.1. The molecule has 0 N–H and O–H groups in total. The van der Waals surface area contributed by atoms with Crippen LogP contribution in [-0.2, 0) is 34.3 Å². The molecule has 2 aliphatic heterocycles. The van der Waals surface area contributed by atoms with Gasteiger partial charge in [-0.2, -0.15) is 9.40 Å². The summed E-state index contributed by atoms with van der Waals surface area (Å²) in [6.45, 7) is 4.85. The lowest BCUT2D eigenvalue weighted by Crippen LogP contribution is -2.33. The summed E-state index contributed by atoms with van der Waals surface area (Å²) in [6, 6.07) is -0.107. The fourth-order valence-corrected chi connectivity index (χ4v) is 6.84. The summed E-state index contributed by atoms with van der Waals surface area (Å²) in [7, 11) is -3.21. The van der Waals surface area contributed by atoms with Crippen molar-refractivity contribution in [3.8, 4) is 0 Å². The first-order valence-corrected chi connectivity index (χ1v) is 12.4. The number of ether oxygens (including phenoxy) is 1. The molecule has 3 heterocycles. The van der Waals surface area contributed by atoms with Crippen molar-refractivity contribution >= 4 is 10.0 Å². The Bertz CT molecular complexity index is 753. The molecule has 0 bridgehead atoms. The van der Waals surface area contributed by atoms with Crippen LogP contribution in [0.25, 0.3) is 0 Å². The van der Waals surface area contributed by atoms with Crippen molar-refractivity contribution in [3.05, 3.63) is 17.0 Å². The highest BCUT2D eigenvalue weighted by atomic mass is 32.2. The van der Waals surface area contributed by atoms with Gasteiger partial charge >= 0.3 is 0 Å². The molecule has 0 spiro atoms. The molecule has 0 aromatic carbocycles. The Balaban J connectivity index is 1.64. The summed E-state index contributed by atoms with van der Waals surface area (Å²) < 4.78 is 35.2. The molecule has 1 saturated heterocycles. The summed E-state index contributed by atoms with van der Waals surface area (Å²) >= 11 is 0. The molecule has 27 heavy (non-hydrogen) atoms. The van der Waals surface area contributed by atoms with Crippen LogP contribution in [0, 0.1) is 5.92 Å². The Hall–Kier alpha value is -0.920. The molecule has 6 nitrogen and oxygen atoms in total. The number of hydrogen-bond donors (Lipinski definition) is 0. The smallest absolute Gasteiger partial charge is 0.214 e. The van der Waals surface area contributed by atoms with Crippen molar-refractivity contribution in [2.45, 2.75) is 83.9 Å². The Morgan fingerprint density at radius 2 is 1.96 bits per heavy atom. The van der Waals surface area contributed by atoms with E-state index in [9.17, 15) is 8.42 Å². The van der Waals surface area contributed by atoms with Gasteiger partial charge in [-0.15, -0.1) is 0 Å². The highest BCUT2D eigenvalue weighted by molar-refractivity contribution is 7.89. The molecule has 0 radical (unpaired) electrons. The first kappa shape index (κ1) is 19.4. The Kier molecular flexibility index (Phi) is 5.90. The zero-order valence-corrected chi connectivity index (χ0v) is 17.3. The van der Waals surface area contributed by atoms with E-state index in [-0.39, 0.29) is 11.8 Å². The van der Waals surface area contributed by atoms with Gasteiger partial charge in [0.1, 0.15) is 0 Å². The lowest BCUT2D eigenvalue weighted by molar-refractivity contribution is 0.107. The minimum atomic E-state index is -3.21. The van der Waals surface area contributed by atoms with Crippen LogP contribution in [0.4, 0.5) is 0 Å². The topological polar surface area (TPSA) is 64.4 Å². The van der Waals surface area contributed by atoms with Gasteiger partial charge in [0, 0.05) is 30.8 Å². The fraction of sp³-hybridized carbons (Fsp3) is 0.850. The van der Waals surface area contributed by atoms with Crippen molar-refractivity contribution in [2.75, 3.05) is 18.9 Å². The predicted octanol–water partition coefficient (Wildman–Crippen LogP) is 3.41. The van der Waals surface area contributed by atoms with Gasteiger partial charge in [0.15, 0.2) is 0 Å². The minimum absolute atomic E-state index is 0.107. The van der Waals surface area contributed by atoms with E-state index in [0.29, 0.717) is 25.5 Å². The van der Waals surface area contributed by atoms with Crippen LogP contribution in [0.1, 0.15) is 81.3 Å². The van der Waals surface area contributed by atoms with Gasteiger partial charge in [-0.05, 0) is 38.0 Å². The summed E-state index contributed by atoms with van der Waals surface area (Å²) in [4.78, 5) is 0. The maximum atomic E-state index is 12.8. The maximum absolute atomic E-state index is 12.8. The lowest BCUT2D eigenvalue weighted by atomic mass is 9.89. The van der Waals surface area contributed by atoms with Crippen molar-refractivity contribution in [1.29, 1.82) is 0 Å². The van der Waals surface area contributed by atoms with E-state index in [4.69, 9.17) is 9.84 Å². The third-order valence-corrected chi connectivity index (χ3v) is 8.50. The van der Waals surface area contributed by atoms with Gasteiger partial charge < -0.3 is 4.74 Å². The minimum Gasteiger partial charge on any atom is -0.376 e. The second-order valence-corrected chi connectivity index (χ2v) is 10.4. The average Bonchev–Trinajstić information content (AvgIpc) is 3.28. The second-order valence-electron chi connectivity index (χ2n) is 8.38. The number of sulfonamides is 1. The van der Waals surface area contributed by atoms with Gasteiger partial charge in [-0.3, -0.25) is 4.68 Å². The zero-order chi connectivity index (χ0) is 18.9. The number of hydrogen-bond acceptors (Lipinski definition) is 4. The fourth-order valence-electron chi connectivity index (χ4n) is 5.09. The Morgan fingerprint density at radius 1 is 1.15 bits per heavy atom. The van der Waals surface area contributed by atoms with Crippen molar-refractivity contribution in [2.24, 2.45) is 5.92 Å². The molecule has 1 aromatic heterocycles. The van der Waals surface area contributed by atoms with Gasteiger partial charge in [-0.1, -0.05) is 26.2 Å². The number of nitrogens with zero attached hydrogens (tertiary/aromatic N) is 3. The molecule has 1 saturated carbocycles. The van der Waals surface area contributed by atoms with Crippen LogP contribution < -0.4 is 0 Å². The average molecular weight is 396 g/mol. The second kappa shape index (κ2) is 8.21. The van der Waals surface area contributed by atoms with Crippen LogP contribution >= 0.6 is 0 Å². The molecule has 0 amide bonds. The highest BCUT2D eigenvalue weighted by Crippen LogP contribution is 2.38. The quantitative estimate of drug-likeness (QED) is 0.740.